The molecule has 0 unspecified atom stereocenters. The second kappa shape index (κ2) is 12.5. The minimum Gasteiger partial charge on any atom is -0.490 e. The molecule has 3 heterocycles. The molecular weight excluding hydrogens is 585 g/mol. The Hall–Kier alpha value is -4.64. The van der Waals surface area contributed by atoms with Gasteiger partial charge in [-0.2, -0.15) is 0 Å². The molecular formula is C33H30FN3O6S. The first-order valence-electron chi connectivity index (χ1n) is 14.4. The number of hydrogen-bond acceptors (Lipinski definition) is 8. The largest absolute Gasteiger partial charge is 0.490 e. The van der Waals surface area contributed by atoms with Crippen LogP contribution < -0.4 is 9.47 Å². The van der Waals surface area contributed by atoms with E-state index in [1.807, 2.05) is 0 Å². The molecule has 2 fully saturated rings. The van der Waals surface area contributed by atoms with Gasteiger partial charge in [0.1, 0.15) is 29.1 Å². The Kier molecular flexibility index (Phi) is 8.38. The highest BCUT2D eigenvalue weighted by molar-refractivity contribution is 7.92. The molecule has 6 rings (SSSR count). The van der Waals surface area contributed by atoms with E-state index in [0.29, 0.717) is 59.3 Å². The van der Waals surface area contributed by atoms with Gasteiger partial charge in [-0.15, -0.1) is 0 Å². The van der Waals surface area contributed by atoms with Gasteiger partial charge < -0.3 is 14.4 Å². The first kappa shape index (κ1) is 29.4. The Morgan fingerprint density at radius 1 is 0.818 bits per heavy atom. The predicted octanol–water partition coefficient (Wildman–Crippen LogP) is 5.45. The summed E-state index contributed by atoms with van der Waals surface area (Å²) in [6, 6.07) is 18.7. The standard InChI is InChI=1S/C33H30FN3O6S/c34-24-3-5-26(6-4-24)43-32-14-1-22(20-36-32)19-31(38)23-2-13-30(35-21-23)33(39)37-17-15-27(16-18-37)42-25-7-9-28(10-8-25)44(40,41)29-11-12-29/h1-10,13-14,20-21,27,29H,11-12,15-19H2. The maximum Gasteiger partial charge on any atom is 0.272 e. The van der Waals surface area contributed by atoms with Crippen LogP contribution in [0.2, 0.25) is 0 Å². The number of benzene rings is 2. The van der Waals surface area contributed by atoms with Crippen LogP contribution in [0.4, 0.5) is 4.39 Å². The second-order valence-electron chi connectivity index (χ2n) is 10.9. The van der Waals surface area contributed by atoms with Crippen molar-refractivity contribution >= 4 is 21.5 Å². The van der Waals surface area contributed by atoms with Gasteiger partial charge in [0.05, 0.1) is 10.1 Å². The number of amides is 1. The van der Waals surface area contributed by atoms with Gasteiger partial charge in [-0.3, -0.25) is 14.6 Å². The molecule has 1 aliphatic carbocycles. The van der Waals surface area contributed by atoms with Crippen molar-refractivity contribution in [2.45, 2.75) is 48.4 Å². The van der Waals surface area contributed by atoms with Crippen molar-refractivity contribution in [2.75, 3.05) is 13.1 Å². The summed E-state index contributed by atoms with van der Waals surface area (Å²) >= 11 is 0. The lowest BCUT2D eigenvalue weighted by atomic mass is 10.0. The molecule has 1 saturated heterocycles. The lowest BCUT2D eigenvalue weighted by molar-refractivity contribution is 0.0589. The van der Waals surface area contributed by atoms with Crippen LogP contribution in [0, 0.1) is 5.82 Å². The third-order valence-corrected chi connectivity index (χ3v) is 9.93. The van der Waals surface area contributed by atoms with Gasteiger partial charge in [0.15, 0.2) is 15.6 Å². The Morgan fingerprint density at radius 2 is 1.52 bits per heavy atom. The molecule has 2 aliphatic rings. The van der Waals surface area contributed by atoms with E-state index in [0.717, 1.165) is 12.8 Å². The number of ether oxygens (including phenoxy) is 2. The smallest absolute Gasteiger partial charge is 0.272 e. The third kappa shape index (κ3) is 6.94. The van der Waals surface area contributed by atoms with E-state index in [-0.39, 0.29) is 41.0 Å². The monoisotopic (exact) mass is 615 g/mol. The molecule has 11 heteroatoms. The lowest BCUT2D eigenvalue weighted by Gasteiger charge is -2.32. The van der Waals surface area contributed by atoms with Crippen LogP contribution in [0.1, 0.15) is 52.1 Å². The lowest BCUT2D eigenvalue weighted by Crippen LogP contribution is -2.42. The number of likely N-dealkylation sites (tertiary alicyclic amines) is 1. The summed E-state index contributed by atoms with van der Waals surface area (Å²) in [6.45, 7) is 0.988. The molecule has 9 nitrogen and oxygen atoms in total. The first-order valence-corrected chi connectivity index (χ1v) is 16.0. The van der Waals surface area contributed by atoms with Gasteiger partial charge >= 0.3 is 0 Å². The number of carbonyl (C=O) groups excluding carboxylic acids is 2. The Labute approximate surface area is 254 Å². The van der Waals surface area contributed by atoms with E-state index in [4.69, 9.17) is 9.47 Å². The van der Waals surface area contributed by atoms with Crippen molar-refractivity contribution in [3.05, 3.63) is 108 Å². The van der Waals surface area contributed by atoms with Crippen LogP contribution in [0.15, 0.2) is 90.1 Å². The van der Waals surface area contributed by atoms with Crippen LogP contribution in [-0.4, -0.2) is 59.4 Å². The number of halogens is 1. The highest BCUT2D eigenvalue weighted by Gasteiger charge is 2.36. The topological polar surface area (TPSA) is 116 Å². The fraction of sp³-hybridized carbons (Fsp3) is 0.273. The number of sulfone groups is 1. The molecule has 0 N–H and O–H groups in total. The van der Waals surface area contributed by atoms with Gasteiger partial charge in [-0.05, 0) is 79.1 Å². The van der Waals surface area contributed by atoms with E-state index in [1.165, 1.54) is 30.5 Å². The molecule has 2 aromatic carbocycles. The Balaban J connectivity index is 0.973. The van der Waals surface area contributed by atoms with Crippen LogP contribution in [-0.2, 0) is 16.3 Å². The van der Waals surface area contributed by atoms with Crippen molar-refractivity contribution in [2.24, 2.45) is 0 Å². The molecule has 4 aromatic rings. The number of carbonyl (C=O) groups is 2. The van der Waals surface area contributed by atoms with Crippen LogP contribution >= 0.6 is 0 Å². The number of pyridine rings is 2. The number of hydrogen-bond donors (Lipinski definition) is 0. The molecule has 0 bridgehead atoms. The molecule has 1 aliphatic heterocycles. The molecule has 0 spiro atoms. The van der Waals surface area contributed by atoms with Gasteiger partial charge in [-0.1, -0.05) is 6.07 Å². The van der Waals surface area contributed by atoms with Gasteiger partial charge in [-0.25, -0.2) is 17.8 Å². The molecule has 0 atom stereocenters. The Bertz CT molecular complexity index is 1730. The van der Waals surface area contributed by atoms with E-state index < -0.39 is 9.84 Å². The number of Topliss-reactive ketones (excluding diaryl/α,β-unsaturated/α-hetero) is 1. The summed E-state index contributed by atoms with van der Waals surface area (Å²) in [5.41, 5.74) is 1.33. The summed E-state index contributed by atoms with van der Waals surface area (Å²) in [6.07, 6.45) is 5.69. The van der Waals surface area contributed by atoms with Crippen molar-refractivity contribution in [3.63, 3.8) is 0 Å². The minimum atomic E-state index is -3.23. The maximum absolute atomic E-state index is 13.1. The number of aromatic nitrogens is 2. The summed E-state index contributed by atoms with van der Waals surface area (Å²) in [5.74, 6) is 0.647. The highest BCUT2D eigenvalue weighted by Crippen LogP contribution is 2.34. The van der Waals surface area contributed by atoms with Crippen molar-refractivity contribution in [3.8, 4) is 17.4 Å². The van der Waals surface area contributed by atoms with E-state index in [1.54, 1.807) is 59.6 Å². The normalized spacial score (nSPS) is 15.5. The van der Waals surface area contributed by atoms with E-state index in [2.05, 4.69) is 9.97 Å². The minimum absolute atomic E-state index is 0.0871. The molecule has 2 aromatic heterocycles. The second-order valence-corrected chi connectivity index (χ2v) is 13.1. The van der Waals surface area contributed by atoms with Gasteiger partial charge in [0, 0.05) is 56.4 Å². The van der Waals surface area contributed by atoms with Crippen LogP contribution in [0.5, 0.6) is 17.4 Å². The van der Waals surface area contributed by atoms with Crippen molar-refractivity contribution in [1.82, 2.24) is 14.9 Å². The summed E-state index contributed by atoms with van der Waals surface area (Å²) in [5, 5.41) is -0.249. The number of piperidine rings is 1. The van der Waals surface area contributed by atoms with E-state index >= 15 is 0 Å². The molecule has 1 amide bonds. The zero-order valence-electron chi connectivity index (χ0n) is 23.8. The fourth-order valence-electron chi connectivity index (χ4n) is 4.98. The molecule has 226 valence electrons. The van der Waals surface area contributed by atoms with Crippen LogP contribution in [0.3, 0.4) is 0 Å². The quantitative estimate of drug-likeness (QED) is 0.216. The first-order chi connectivity index (χ1) is 21.2. The summed E-state index contributed by atoms with van der Waals surface area (Å²) < 4.78 is 49.5. The average Bonchev–Trinajstić information content (AvgIpc) is 3.90. The zero-order valence-corrected chi connectivity index (χ0v) is 24.6. The number of rotatable bonds is 10. The highest BCUT2D eigenvalue weighted by atomic mass is 32.2. The van der Waals surface area contributed by atoms with E-state index in [9.17, 15) is 22.4 Å². The van der Waals surface area contributed by atoms with Gasteiger partial charge in [0.2, 0.25) is 5.88 Å². The third-order valence-electron chi connectivity index (χ3n) is 7.65. The number of ketones is 1. The Morgan fingerprint density at radius 3 is 2.14 bits per heavy atom. The SMILES string of the molecule is O=C(Cc1ccc(Oc2ccc(F)cc2)nc1)c1ccc(C(=O)N2CCC(Oc3ccc(S(=O)(=O)C4CC4)cc3)CC2)nc1. The zero-order chi connectivity index (χ0) is 30.7. The average molecular weight is 616 g/mol. The fourth-order valence-corrected chi connectivity index (χ4v) is 6.64. The van der Waals surface area contributed by atoms with Gasteiger partial charge in [0.25, 0.3) is 5.91 Å². The summed E-state index contributed by atoms with van der Waals surface area (Å²) in [7, 11) is -3.23. The molecule has 1 saturated carbocycles. The molecule has 0 radical (unpaired) electrons. The maximum atomic E-state index is 13.1. The summed E-state index contributed by atoms with van der Waals surface area (Å²) in [4.78, 5) is 36.4. The molecule has 44 heavy (non-hydrogen) atoms. The van der Waals surface area contributed by atoms with Crippen molar-refractivity contribution < 1.29 is 31.9 Å². The number of nitrogens with zero attached hydrogens (tertiary/aromatic N) is 3. The predicted molar refractivity (Wildman–Crippen MR) is 159 cm³/mol. The van der Waals surface area contributed by atoms with Crippen molar-refractivity contribution in [1.29, 1.82) is 0 Å². The van der Waals surface area contributed by atoms with Crippen LogP contribution in [0.25, 0.3) is 0 Å².